The SMILES string of the molecule is C=C(O)C(C)(C)CN(CCC)CCC. The third-order valence-electron chi connectivity index (χ3n) is 2.48. The van der Waals surface area contributed by atoms with Crippen molar-refractivity contribution in [2.45, 2.75) is 40.5 Å². The van der Waals surface area contributed by atoms with E-state index in [1.165, 1.54) is 0 Å². The summed E-state index contributed by atoms with van der Waals surface area (Å²) < 4.78 is 0. The predicted molar refractivity (Wildman–Crippen MR) is 62.6 cm³/mol. The molecule has 0 radical (unpaired) electrons. The van der Waals surface area contributed by atoms with Crippen LogP contribution in [0.1, 0.15) is 40.5 Å². The molecule has 84 valence electrons. The highest BCUT2D eigenvalue weighted by molar-refractivity contribution is 4.98. The van der Waals surface area contributed by atoms with Crippen molar-refractivity contribution in [3.8, 4) is 0 Å². The van der Waals surface area contributed by atoms with Gasteiger partial charge in [-0.05, 0) is 25.9 Å². The molecule has 0 spiro atoms. The summed E-state index contributed by atoms with van der Waals surface area (Å²) in [5.41, 5.74) is -0.190. The Kier molecular flexibility index (Phi) is 5.86. The average molecular weight is 199 g/mol. The normalized spacial score (nSPS) is 12.1. The van der Waals surface area contributed by atoms with Crippen LogP contribution in [-0.2, 0) is 0 Å². The third-order valence-corrected chi connectivity index (χ3v) is 2.48. The van der Waals surface area contributed by atoms with E-state index in [-0.39, 0.29) is 11.2 Å². The quantitative estimate of drug-likeness (QED) is 0.636. The zero-order chi connectivity index (χ0) is 11.2. The van der Waals surface area contributed by atoms with Crippen LogP contribution in [0.25, 0.3) is 0 Å². The zero-order valence-electron chi connectivity index (χ0n) is 10.1. The van der Waals surface area contributed by atoms with E-state index in [0.717, 1.165) is 32.5 Å². The molecule has 0 saturated carbocycles. The Morgan fingerprint density at radius 2 is 1.64 bits per heavy atom. The molecule has 0 heterocycles. The molecule has 0 aliphatic heterocycles. The van der Waals surface area contributed by atoms with E-state index in [9.17, 15) is 5.11 Å². The molecule has 0 amide bonds. The predicted octanol–water partition coefficient (Wildman–Crippen LogP) is 3.21. The smallest absolute Gasteiger partial charge is 0.0919 e. The first-order valence-electron chi connectivity index (χ1n) is 5.54. The van der Waals surface area contributed by atoms with E-state index in [4.69, 9.17) is 0 Å². The van der Waals surface area contributed by atoms with Gasteiger partial charge in [-0.2, -0.15) is 0 Å². The molecular weight excluding hydrogens is 174 g/mol. The highest BCUT2D eigenvalue weighted by atomic mass is 16.3. The fourth-order valence-electron chi connectivity index (χ4n) is 1.55. The zero-order valence-corrected chi connectivity index (χ0v) is 10.1. The van der Waals surface area contributed by atoms with E-state index in [2.05, 4.69) is 25.3 Å². The van der Waals surface area contributed by atoms with Crippen LogP contribution in [0.3, 0.4) is 0 Å². The summed E-state index contributed by atoms with van der Waals surface area (Å²) in [6, 6.07) is 0. The van der Waals surface area contributed by atoms with Crippen LogP contribution in [0.15, 0.2) is 12.3 Å². The summed E-state index contributed by atoms with van der Waals surface area (Å²) in [6.45, 7) is 15.2. The van der Waals surface area contributed by atoms with Gasteiger partial charge in [0.2, 0.25) is 0 Å². The van der Waals surface area contributed by atoms with Crippen molar-refractivity contribution in [2.24, 2.45) is 5.41 Å². The molecule has 0 aromatic heterocycles. The standard InChI is InChI=1S/C12H25NO/c1-6-8-13(9-7-2)10-12(4,5)11(3)14/h14H,3,6-10H2,1-2,4-5H3. The molecule has 1 N–H and O–H groups in total. The Bertz CT molecular complexity index is 169. The van der Waals surface area contributed by atoms with E-state index in [1.54, 1.807) is 0 Å². The lowest BCUT2D eigenvalue weighted by Crippen LogP contribution is -2.36. The Balaban J connectivity index is 4.19. The molecule has 0 aromatic carbocycles. The molecule has 0 aliphatic carbocycles. The number of nitrogens with zero attached hydrogens (tertiary/aromatic N) is 1. The molecule has 2 nitrogen and oxygen atoms in total. The minimum Gasteiger partial charge on any atom is -0.512 e. The Morgan fingerprint density at radius 1 is 1.21 bits per heavy atom. The molecule has 14 heavy (non-hydrogen) atoms. The lowest BCUT2D eigenvalue weighted by atomic mass is 9.90. The van der Waals surface area contributed by atoms with Gasteiger partial charge >= 0.3 is 0 Å². The van der Waals surface area contributed by atoms with Gasteiger partial charge < -0.3 is 10.0 Å². The van der Waals surface area contributed by atoms with Gasteiger partial charge in [-0.3, -0.25) is 0 Å². The molecular formula is C12H25NO. The topological polar surface area (TPSA) is 23.5 Å². The van der Waals surface area contributed by atoms with Crippen molar-refractivity contribution in [1.82, 2.24) is 4.90 Å². The summed E-state index contributed by atoms with van der Waals surface area (Å²) in [5.74, 6) is 0.287. The second kappa shape index (κ2) is 6.07. The van der Waals surface area contributed by atoms with Crippen molar-refractivity contribution in [2.75, 3.05) is 19.6 Å². The van der Waals surface area contributed by atoms with Crippen molar-refractivity contribution >= 4 is 0 Å². The number of hydrogen-bond donors (Lipinski definition) is 1. The maximum Gasteiger partial charge on any atom is 0.0919 e. The fraction of sp³-hybridized carbons (Fsp3) is 0.833. The van der Waals surface area contributed by atoms with Crippen LogP contribution in [0.2, 0.25) is 0 Å². The fourth-order valence-corrected chi connectivity index (χ4v) is 1.55. The lowest BCUT2D eigenvalue weighted by Gasteiger charge is -2.31. The largest absolute Gasteiger partial charge is 0.512 e. The highest BCUT2D eigenvalue weighted by Gasteiger charge is 2.24. The number of aliphatic hydroxyl groups is 1. The highest BCUT2D eigenvalue weighted by Crippen LogP contribution is 2.24. The van der Waals surface area contributed by atoms with Crippen molar-refractivity contribution in [1.29, 1.82) is 0 Å². The molecule has 2 heteroatoms. The lowest BCUT2D eigenvalue weighted by molar-refractivity contribution is 0.159. The minimum absolute atomic E-state index is 0.190. The van der Waals surface area contributed by atoms with Gasteiger partial charge in [0.1, 0.15) is 0 Å². The van der Waals surface area contributed by atoms with Crippen molar-refractivity contribution < 1.29 is 5.11 Å². The molecule has 0 atom stereocenters. The summed E-state index contributed by atoms with van der Waals surface area (Å²) in [4.78, 5) is 2.39. The summed E-state index contributed by atoms with van der Waals surface area (Å²) in [5, 5.41) is 9.44. The molecule has 0 rings (SSSR count). The molecule has 0 fully saturated rings. The summed E-state index contributed by atoms with van der Waals surface area (Å²) in [7, 11) is 0. The van der Waals surface area contributed by atoms with E-state index in [1.807, 2.05) is 13.8 Å². The van der Waals surface area contributed by atoms with Crippen LogP contribution in [-0.4, -0.2) is 29.6 Å². The van der Waals surface area contributed by atoms with Gasteiger partial charge in [-0.15, -0.1) is 0 Å². The molecule has 0 aromatic rings. The molecule has 0 bridgehead atoms. The maximum absolute atomic E-state index is 9.44. The first-order valence-corrected chi connectivity index (χ1v) is 5.54. The third kappa shape index (κ3) is 4.66. The van der Waals surface area contributed by atoms with Crippen LogP contribution in [0.4, 0.5) is 0 Å². The monoisotopic (exact) mass is 199 g/mol. The van der Waals surface area contributed by atoms with Crippen LogP contribution in [0.5, 0.6) is 0 Å². The van der Waals surface area contributed by atoms with Crippen molar-refractivity contribution in [3.63, 3.8) is 0 Å². The molecule has 0 saturated heterocycles. The van der Waals surface area contributed by atoms with E-state index < -0.39 is 0 Å². The van der Waals surface area contributed by atoms with Crippen molar-refractivity contribution in [3.05, 3.63) is 12.3 Å². The van der Waals surface area contributed by atoms with Gasteiger partial charge in [0.05, 0.1) is 5.76 Å². The van der Waals surface area contributed by atoms with E-state index >= 15 is 0 Å². The van der Waals surface area contributed by atoms with Crippen LogP contribution in [0, 0.1) is 5.41 Å². The van der Waals surface area contributed by atoms with E-state index in [0.29, 0.717) is 0 Å². The Morgan fingerprint density at radius 3 is 1.93 bits per heavy atom. The Hall–Kier alpha value is -0.500. The first kappa shape index (κ1) is 13.5. The van der Waals surface area contributed by atoms with Gasteiger partial charge in [0, 0.05) is 12.0 Å². The first-order chi connectivity index (χ1) is 6.44. The van der Waals surface area contributed by atoms with Crippen LogP contribution >= 0.6 is 0 Å². The minimum atomic E-state index is -0.190. The molecule has 0 unspecified atom stereocenters. The van der Waals surface area contributed by atoms with Gasteiger partial charge in [0.15, 0.2) is 0 Å². The number of rotatable bonds is 7. The number of aliphatic hydroxyl groups excluding tert-OH is 1. The second-order valence-electron chi connectivity index (χ2n) is 4.61. The van der Waals surface area contributed by atoms with Gasteiger partial charge in [-0.25, -0.2) is 0 Å². The van der Waals surface area contributed by atoms with Gasteiger partial charge in [0.25, 0.3) is 0 Å². The molecule has 0 aliphatic rings. The van der Waals surface area contributed by atoms with Gasteiger partial charge in [-0.1, -0.05) is 34.3 Å². The number of hydrogen-bond acceptors (Lipinski definition) is 2. The summed E-state index contributed by atoms with van der Waals surface area (Å²) in [6.07, 6.45) is 2.32. The summed E-state index contributed by atoms with van der Waals surface area (Å²) >= 11 is 0. The Labute approximate surface area is 88.6 Å². The van der Waals surface area contributed by atoms with Crippen LogP contribution < -0.4 is 0 Å². The maximum atomic E-state index is 9.44. The second-order valence-corrected chi connectivity index (χ2v) is 4.61. The average Bonchev–Trinajstić information content (AvgIpc) is 2.04.